The van der Waals surface area contributed by atoms with Crippen LogP contribution in [0, 0.1) is 0 Å². The average molecular weight is 257 g/mol. The number of nitrogens with one attached hydrogen (secondary N) is 2. The number of benzene rings is 1. The highest BCUT2D eigenvalue weighted by molar-refractivity contribution is 5.59. The van der Waals surface area contributed by atoms with Crippen molar-refractivity contribution in [1.82, 2.24) is 15.3 Å². The standard InChI is InChI=1S/C16H23N3/c1-16(2,3)13-7-5-12(6-8-13)14-11-18-15(19-14)9-10-17-4/h5-8,11,17H,9-10H2,1-4H3,(H,18,19). The first-order valence-electron chi connectivity index (χ1n) is 6.80. The molecule has 2 rings (SSSR count). The minimum Gasteiger partial charge on any atom is -0.342 e. The van der Waals surface area contributed by atoms with Gasteiger partial charge in [0, 0.05) is 13.0 Å². The van der Waals surface area contributed by atoms with E-state index in [1.165, 1.54) is 11.1 Å². The fourth-order valence-electron chi connectivity index (χ4n) is 2.03. The summed E-state index contributed by atoms with van der Waals surface area (Å²) in [5.41, 5.74) is 3.83. The van der Waals surface area contributed by atoms with Gasteiger partial charge in [0.15, 0.2) is 0 Å². The first kappa shape index (κ1) is 13.8. The summed E-state index contributed by atoms with van der Waals surface area (Å²) in [7, 11) is 1.95. The highest BCUT2D eigenvalue weighted by atomic mass is 14.9. The summed E-state index contributed by atoms with van der Waals surface area (Å²) >= 11 is 0. The van der Waals surface area contributed by atoms with E-state index in [0.717, 1.165) is 24.5 Å². The van der Waals surface area contributed by atoms with Crippen LogP contribution in [0.5, 0.6) is 0 Å². The quantitative estimate of drug-likeness (QED) is 0.883. The third kappa shape index (κ3) is 3.44. The fraction of sp³-hybridized carbons (Fsp3) is 0.438. The number of aromatic amines is 1. The Labute approximate surface area is 115 Å². The minimum absolute atomic E-state index is 0.199. The zero-order valence-corrected chi connectivity index (χ0v) is 12.2. The lowest BCUT2D eigenvalue weighted by Gasteiger charge is -2.18. The predicted octanol–water partition coefficient (Wildman–Crippen LogP) is 3.14. The molecular formula is C16H23N3. The first-order valence-corrected chi connectivity index (χ1v) is 6.80. The van der Waals surface area contributed by atoms with Gasteiger partial charge < -0.3 is 10.3 Å². The van der Waals surface area contributed by atoms with Crippen molar-refractivity contribution in [3.8, 4) is 11.3 Å². The lowest BCUT2D eigenvalue weighted by atomic mass is 9.86. The molecular weight excluding hydrogens is 234 g/mol. The van der Waals surface area contributed by atoms with Crippen molar-refractivity contribution < 1.29 is 0 Å². The highest BCUT2D eigenvalue weighted by Crippen LogP contribution is 2.25. The van der Waals surface area contributed by atoms with Crippen LogP contribution < -0.4 is 5.32 Å². The second-order valence-electron chi connectivity index (χ2n) is 5.92. The van der Waals surface area contributed by atoms with E-state index in [1.54, 1.807) is 0 Å². The Balaban J connectivity index is 2.16. The molecule has 0 aliphatic carbocycles. The van der Waals surface area contributed by atoms with Gasteiger partial charge in [0.1, 0.15) is 5.82 Å². The number of nitrogens with zero attached hydrogens (tertiary/aromatic N) is 1. The molecule has 102 valence electrons. The van der Waals surface area contributed by atoms with Gasteiger partial charge in [-0.1, -0.05) is 45.0 Å². The summed E-state index contributed by atoms with van der Waals surface area (Å²) in [4.78, 5) is 7.78. The maximum Gasteiger partial charge on any atom is 0.107 e. The van der Waals surface area contributed by atoms with E-state index in [9.17, 15) is 0 Å². The Kier molecular flexibility index (Phi) is 4.05. The van der Waals surface area contributed by atoms with Crippen LogP contribution in [0.1, 0.15) is 32.2 Å². The summed E-state index contributed by atoms with van der Waals surface area (Å²) in [6.07, 6.45) is 2.84. The van der Waals surface area contributed by atoms with Gasteiger partial charge in [-0.05, 0) is 23.6 Å². The molecule has 2 aromatic rings. The molecule has 2 N–H and O–H groups in total. The molecule has 0 atom stereocenters. The van der Waals surface area contributed by atoms with Crippen LogP contribution in [0.4, 0.5) is 0 Å². The highest BCUT2D eigenvalue weighted by Gasteiger charge is 2.13. The molecule has 0 radical (unpaired) electrons. The maximum absolute atomic E-state index is 4.41. The normalized spacial score (nSPS) is 11.8. The van der Waals surface area contributed by atoms with E-state index < -0.39 is 0 Å². The first-order chi connectivity index (χ1) is 9.00. The van der Waals surface area contributed by atoms with Gasteiger partial charge in [0.25, 0.3) is 0 Å². The zero-order valence-electron chi connectivity index (χ0n) is 12.2. The van der Waals surface area contributed by atoms with Gasteiger partial charge in [0.2, 0.25) is 0 Å². The number of rotatable bonds is 4. The van der Waals surface area contributed by atoms with E-state index in [2.05, 4.69) is 60.3 Å². The summed E-state index contributed by atoms with van der Waals surface area (Å²) in [6, 6.07) is 8.72. The second-order valence-corrected chi connectivity index (χ2v) is 5.92. The van der Waals surface area contributed by atoms with Crippen molar-refractivity contribution in [2.75, 3.05) is 13.6 Å². The average Bonchev–Trinajstić information content (AvgIpc) is 2.84. The largest absolute Gasteiger partial charge is 0.342 e. The molecule has 0 unspecified atom stereocenters. The van der Waals surface area contributed by atoms with Gasteiger partial charge in [-0.25, -0.2) is 4.98 Å². The molecule has 3 nitrogen and oxygen atoms in total. The van der Waals surface area contributed by atoms with Crippen LogP contribution in [0.2, 0.25) is 0 Å². The fourth-order valence-corrected chi connectivity index (χ4v) is 2.03. The van der Waals surface area contributed by atoms with Crippen LogP contribution in [-0.2, 0) is 11.8 Å². The van der Waals surface area contributed by atoms with E-state index >= 15 is 0 Å². The van der Waals surface area contributed by atoms with E-state index in [4.69, 9.17) is 0 Å². The summed E-state index contributed by atoms with van der Waals surface area (Å²) < 4.78 is 0. The van der Waals surface area contributed by atoms with E-state index in [-0.39, 0.29) is 5.41 Å². The summed E-state index contributed by atoms with van der Waals surface area (Å²) in [6.45, 7) is 7.63. The van der Waals surface area contributed by atoms with E-state index in [0.29, 0.717) is 0 Å². The Morgan fingerprint density at radius 2 is 1.84 bits per heavy atom. The van der Waals surface area contributed by atoms with Gasteiger partial charge in [-0.2, -0.15) is 0 Å². The third-order valence-corrected chi connectivity index (χ3v) is 3.30. The van der Waals surface area contributed by atoms with Crippen molar-refractivity contribution in [3.63, 3.8) is 0 Å². The van der Waals surface area contributed by atoms with Crippen LogP contribution in [0.15, 0.2) is 30.5 Å². The molecule has 0 aliphatic rings. The molecule has 0 saturated heterocycles. The number of hydrogen-bond donors (Lipinski definition) is 2. The maximum atomic E-state index is 4.41. The predicted molar refractivity (Wildman–Crippen MR) is 80.4 cm³/mol. The summed E-state index contributed by atoms with van der Waals surface area (Å²) in [5.74, 6) is 1.03. The number of aromatic nitrogens is 2. The molecule has 0 aliphatic heterocycles. The molecule has 3 heteroatoms. The van der Waals surface area contributed by atoms with Gasteiger partial charge in [0.05, 0.1) is 11.9 Å². The van der Waals surface area contributed by atoms with Gasteiger partial charge in [-0.3, -0.25) is 0 Å². The SMILES string of the molecule is CNCCc1ncc(-c2ccc(C(C)(C)C)cc2)[nH]1. The van der Waals surface area contributed by atoms with Gasteiger partial charge in [-0.15, -0.1) is 0 Å². The topological polar surface area (TPSA) is 40.7 Å². The molecule has 0 fully saturated rings. The Morgan fingerprint density at radius 1 is 1.16 bits per heavy atom. The van der Waals surface area contributed by atoms with Gasteiger partial charge >= 0.3 is 0 Å². The van der Waals surface area contributed by atoms with E-state index in [1.807, 2.05) is 13.2 Å². The van der Waals surface area contributed by atoms with Crippen molar-refractivity contribution in [2.45, 2.75) is 32.6 Å². The van der Waals surface area contributed by atoms with Crippen LogP contribution in [-0.4, -0.2) is 23.6 Å². The molecule has 1 aromatic heterocycles. The minimum atomic E-state index is 0.199. The van der Waals surface area contributed by atoms with Crippen molar-refractivity contribution in [2.24, 2.45) is 0 Å². The van der Waals surface area contributed by atoms with Crippen molar-refractivity contribution >= 4 is 0 Å². The van der Waals surface area contributed by atoms with Crippen LogP contribution in [0.25, 0.3) is 11.3 Å². The lowest BCUT2D eigenvalue weighted by molar-refractivity contribution is 0.590. The monoisotopic (exact) mass is 257 g/mol. The number of hydrogen-bond acceptors (Lipinski definition) is 2. The number of H-pyrrole nitrogens is 1. The van der Waals surface area contributed by atoms with Crippen LogP contribution in [0.3, 0.4) is 0 Å². The smallest absolute Gasteiger partial charge is 0.107 e. The number of imidazole rings is 1. The molecule has 0 saturated carbocycles. The molecule has 0 bridgehead atoms. The molecule has 1 aromatic carbocycles. The Morgan fingerprint density at radius 3 is 2.42 bits per heavy atom. The molecule has 19 heavy (non-hydrogen) atoms. The number of likely N-dealkylation sites (N-methyl/N-ethyl adjacent to an activating group) is 1. The Bertz CT molecular complexity index is 518. The van der Waals surface area contributed by atoms with Crippen molar-refractivity contribution in [3.05, 3.63) is 41.9 Å². The molecule has 0 spiro atoms. The zero-order chi connectivity index (χ0) is 13.9. The molecule has 1 heterocycles. The van der Waals surface area contributed by atoms with Crippen LogP contribution >= 0.6 is 0 Å². The Hall–Kier alpha value is -1.61. The summed E-state index contributed by atoms with van der Waals surface area (Å²) in [5, 5.41) is 3.13. The van der Waals surface area contributed by atoms with Crippen molar-refractivity contribution in [1.29, 1.82) is 0 Å². The second kappa shape index (κ2) is 5.57. The lowest BCUT2D eigenvalue weighted by Crippen LogP contribution is -2.11. The molecule has 0 amide bonds. The third-order valence-electron chi connectivity index (χ3n) is 3.30.